The maximum Gasteiger partial charge on any atom is 0.293 e. The van der Waals surface area contributed by atoms with E-state index in [-0.39, 0.29) is 5.60 Å². The molecule has 2 aliphatic heterocycles. The molecule has 5 heteroatoms. The van der Waals surface area contributed by atoms with E-state index < -0.39 is 0 Å². The highest BCUT2D eigenvalue weighted by molar-refractivity contribution is 5.40. The van der Waals surface area contributed by atoms with Crippen molar-refractivity contribution < 1.29 is 14.3 Å². The summed E-state index contributed by atoms with van der Waals surface area (Å²) in [5, 5.41) is 0. The Hall–Kier alpha value is -2.03. The zero-order valence-electron chi connectivity index (χ0n) is 27.7. The monoisotopic (exact) mass is 548 g/mol. The van der Waals surface area contributed by atoms with Crippen LogP contribution in [0.5, 0.6) is 0 Å². The molecular formula is C34H64N2O3. The van der Waals surface area contributed by atoms with Crippen LogP contribution in [0.4, 0.5) is 0 Å². The Labute approximate surface area is 244 Å². The number of carbonyl (C=O) groups is 1. The first-order chi connectivity index (χ1) is 18.5. The molecule has 2 saturated heterocycles. The molecule has 0 spiro atoms. The molecule has 0 aromatic heterocycles. The molecule has 0 radical (unpaired) electrons. The summed E-state index contributed by atoms with van der Waals surface area (Å²) in [7, 11) is 2.20. The Morgan fingerprint density at radius 1 is 1.15 bits per heavy atom. The van der Waals surface area contributed by atoms with Crippen molar-refractivity contribution in [3.05, 3.63) is 35.6 Å². The lowest BCUT2D eigenvalue weighted by molar-refractivity contribution is -0.138. The largest absolute Gasteiger partial charge is 0.462 e. The second-order valence-corrected chi connectivity index (χ2v) is 10.5. The number of unbranched alkanes of at least 4 members (excludes halogenated alkanes) is 1. The van der Waals surface area contributed by atoms with Gasteiger partial charge in [0.05, 0.1) is 12.7 Å². The van der Waals surface area contributed by atoms with Crippen molar-refractivity contribution in [2.24, 2.45) is 0 Å². The molecule has 39 heavy (non-hydrogen) atoms. The zero-order chi connectivity index (χ0) is 30.7. The summed E-state index contributed by atoms with van der Waals surface area (Å²) in [5.41, 5.74) is 3.63. The molecular weight excluding hydrogens is 484 g/mol. The van der Waals surface area contributed by atoms with E-state index in [1.807, 2.05) is 34.6 Å². The third-order valence-electron chi connectivity index (χ3n) is 5.78. The minimum absolute atomic E-state index is 0.318. The van der Waals surface area contributed by atoms with Crippen LogP contribution in [0.3, 0.4) is 0 Å². The van der Waals surface area contributed by atoms with Crippen LogP contribution in [0, 0.1) is 12.3 Å². The van der Waals surface area contributed by atoms with Gasteiger partial charge in [0.25, 0.3) is 6.47 Å². The van der Waals surface area contributed by atoms with Crippen molar-refractivity contribution in [1.82, 2.24) is 9.80 Å². The van der Waals surface area contributed by atoms with Crippen LogP contribution >= 0.6 is 0 Å². The standard InChI is InChI=1S/C20H34N2O.C5H10O2.C4H10.C3H4.C2H6/c1-5-9-20(22-12-7-8-13-22)19-16-23-18(15-17(19)3)10-14-21(4)11-6-2;1-5(2,3)7-4-6;1-3-4-2;1-3-2;1-2/h5,9,18H,3,6-8,10-16H2,1-2,4H3;4H,1-3H3;3-4H2,1-2H3;1H,2H3;1-2H3/b9-5-,20-19-;;;;. The van der Waals surface area contributed by atoms with Gasteiger partial charge < -0.3 is 19.3 Å². The molecule has 2 rings (SSSR count). The predicted molar refractivity (Wildman–Crippen MR) is 172 cm³/mol. The van der Waals surface area contributed by atoms with Crippen LogP contribution in [0.15, 0.2) is 35.6 Å². The van der Waals surface area contributed by atoms with Gasteiger partial charge in [0.2, 0.25) is 0 Å². The number of hydrogen-bond acceptors (Lipinski definition) is 5. The zero-order valence-corrected chi connectivity index (χ0v) is 27.7. The Morgan fingerprint density at radius 2 is 1.69 bits per heavy atom. The molecule has 0 aliphatic carbocycles. The Bertz CT molecular complexity index is 690. The summed E-state index contributed by atoms with van der Waals surface area (Å²) < 4.78 is 10.7. The molecule has 228 valence electrons. The molecule has 0 saturated carbocycles. The minimum Gasteiger partial charge on any atom is -0.462 e. The van der Waals surface area contributed by atoms with Gasteiger partial charge in [-0.15, -0.1) is 12.3 Å². The van der Waals surface area contributed by atoms with Gasteiger partial charge in [0.15, 0.2) is 0 Å². The molecule has 2 aliphatic rings. The van der Waals surface area contributed by atoms with Gasteiger partial charge >= 0.3 is 0 Å². The molecule has 5 nitrogen and oxygen atoms in total. The van der Waals surface area contributed by atoms with Gasteiger partial charge in [-0.05, 0) is 92.0 Å². The summed E-state index contributed by atoms with van der Waals surface area (Å²) in [6.07, 6.45) is 17.8. The lowest BCUT2D eigenvalue weighted by atomic mass is 9.95. The number of hydrogen-bond donors (Lipinski definition) is 0. The predicted octanol–water partition coefficient (Wildman–Crippen LogP) is 8.42. The molecule has 2 fully saturated rings. The van der Waals surface area contributed by atoms with Crippen molar-refractivity contribution in [2.75, 3.05) is 39.8 Å². The molecule has 0 aromatic carbocycles. The maximum atomic E-state index is 9.60. The molecule has 2 heterocycles. The normalized spacial score (nSPS) is 17.8. The van der Waals surface area contributed by atoms with E-state index in [2.05, 4.69) is 80.4 Å². The van der Waals surface area contributed by atoms with Crippen LogP contribution in [0.1, 0.15) is 114 Å². The highest BCUT2D eigenvalue weighted by atomic mass is 16.5. The summed E-state index contributed by atoms with van der Waals surface area (Å²) in [4.78, 5) is 14.5. The molecule has 1 unspecified atom stereocenters. The average Bonchev–Trinajstić information content (AvgIpc) is 3.43. The molecule has 0 N–H and O–H groups in total. The molecule has 0 aromatic rings. The average molecular weight is 549 g/mol. The van der Waals surface area contributed by atoms with Gasteiger partial charge in [-0.2, -0.15) is 0 Å². The van der Waals surface area contributed by atoms with Crippen molar-refractivity contribution in [3.8, 4) is 12.3 Å². The van der Waals surface area contributed by atoms with E-state index in [1.165, 1.54) is 68.6 Å². The first kappa shape index (κ1) is 41.5. The van der Waals surface area contributed by atoms with E-state index in [0.29, 0.717) is 12.6 Å². The van der Waals surface area contributed by atoms with Gasteiger partial charge in [-0.1, -0.05) is 60.1 Å². The fraction of sp³-hybridized carbons (Fsp3) is 0.735. The molecule has 0 amide bonds. The molecule has 0 bridgehead atoms. The van der Waals surface area contributed by atoms with E-state index in [4.69, 9.17) is 4.74 Å². The van der Waals surface area contributed by atoms with Crippen molar-refractivity contribution in [3.63, 3.8) is 0 Å². The van der Waals surface area contributed by atoms with E-state index in [1.54, 1.807) is 6.92 Å². The SMILES string of the molecule is C#CC.C=C1CC(CCN(C)CCC)OC/C1=C(\C=C/C)N1CCCC1.CC.CC(C)(C)OC=O.CCCC. The van der Waals surface area contributed by atoms with Crippen molar-refractivity contribution in [2.45, 2.75) is 126 Å². The summed E-state index contributed by atoms with van der Waals surface area (Å²) >= 11 is 0. The van der Waals surface area contributed by atoms with Gasteiger partial charge in [0.1, 0.15) is 5.60 Å². The van der Waals surface area contributed by atoms with E-state index in [0.717, 1.165) is 26.0 Å². The lowest BCUT2D eigenvalue weighted by Crippen LogP contribution is -2.30. The highest BCUT2D eigenvalue weighted by Gasteiger charge is 2.25. The smallest absolute Gasteiger partial charge is 0.293 e. The fourth-order valence-electron chi connectivity index (χ4n) is 3.72. The number of likely N-dealkylation sites (tertiary alicyclic amines) is 1. The van der Waals surface area contributed by atoms with Crippen LogP contribution < -0.4 is 0 Å². The third-order valence-corrected chi connectivity index (χ3v) is 5.78. The van der Waals surface area contributed by atoms with Crippen LogP contribution in [0.2, 0.25) is 0 Å². The quantitative estimate of drug-likeness (QED) is 0.214. The van der Waals surface area contributed by atoms with Crippen molar-refractivity contribution >= 4 is 6.47 Å². The second-order valence-electron chi connectivity index (χ2n) is 10.5. The number of carbonyl (C=O) groups excluding carboxylic acids is 1. The summed E-state index contributed by atoms with van der Waals surface area (Å²) in [5.74, 6) is 2.25. The summed E-state index contributed by atoms with van der Waals surface area (Å²) in [6, 6.07) is 0. The maximum absolute atomic E-state index is 9.60. The number of nitrogens with zero attached hydrogens (tertiary/aromatic N) is 2. The van der Waals surface area contributed by atoms with Crippen molar-refractivity contribution in [1.29, 1.82) is 0 Å². The number of allylic oxidation sites excluding steroid dienone is 2. The van der Waals surface area contributed by atoms with Crippen LogP contribution in [-0.2, 0) is 14.3 Å². The third kappa shape index (κ3) is 23.6. The highest BCUT2D eigenvalue weighted by Crippen LogP contribution is 2.30. The van der Waals surface area contributed by atoms with Gasteiger partial charge in [-0.25, -0.2) is 0 Å². The Kier molecular flexibility index (Phi) is 29.3. The minimum atomic E-state index is -0.318. The first-order valence-electron chi connectivity index (χ1n) is 15.1. The van der Waals surface area contributed by atoms with E-state index in [9.17, 15) is 4.79 Å². The van der Waals surface area contributed by atoms with Gasteiger partial charge in [0, 0.05) is 30.9 Å². The van der Waals surface area contributed by atoms with Gasteiger partial charge in [-0.3, -0.25) is 4.79 Å². The second kappa shape index (κ2) is 27.5. The van der Waals surface area contributed by atoms with Crippen LogP contribution in [-0.4, -0.2) is 67.8 Å². The Balaban J connectivity index is -0.000000668. The van der Waals surface area contributed by atoms with Crippen LogP contribution in [0.25, 0.3) is 0 Å². The Morgan fingerprint density at radius 3 is 2.05 bits per heavy atom. The lowest BCUT2D eigenvalue weighted by Gasteiger charge is -2.31. The first-order valence-corrected chi connectivity index (χ1v) is 15.1. The van der Waals surface area contributed by atoms with E-state index >= 15 is 0 Å². The fourth-order valence-corrected chi connectivity index (χ4v) is 3.72. The number of ether oxygens (including phenoxy) is 2. The topological polar surface area (TPSA) is 42.0 Å². The summed E-state index contributed by atoms with van der Waals surface area (Å²) in [6.45, 7) is 30.0. The molecule has 1 atom stereocenters. The number of rotatable bonds is 9. The number of terminal acetylenes is 1.